The molecule has 4 nitrogen and oxygen atoms in total. The number of ether oxygens (including phenoxy) is 1. The Kier molecular flexibility index (Phi) is 6.15. The molecule has 1 fully saturated rings. The van der Waals surface area contributed by atoms with Crippen molar-refractivity contribution in [2.75, 3.05) is 18.9 Å². The average Bonchev–Trinajstić information content (AvgIpc) is 2.49. The second-order valence-corrected chi connectivity index (χ2v) is 6.05. The molecule has 1 aromatic rings. The molecule has 1 saturated carbocycles. The van der Waals surface area contributed by atoms with Gasteiger partial charge in [-0.2, -0.15) is 0 Å². The van der Waals surface area contributed by atoms with Gasteiger partial charge in [0, 0.05) is 12.1 Å². The Morgan fingerprint density at radius 3 is 2.48 bits per heavy atom. The van der Waals surface area contributed by atoms with Gasteiger partial charge in [0.2, 0.25) is 0 Å². The number of nitrogens with two attached hydrogens (primary N) is 1. The number of amides is 1. The lowest BCUT2D eigenvalue weighted by atomic mass is 9.98. The van der Waals surface area contributed by atoms with E-state index in [9.17, 15) is 4.79 Å². The van der Waals surface area contributed by atoms with Gasteiger partial charge in [-0.25, -0.2) is 0 Å². The Hall–Kier alpha value is -0.970. The van der Waals surface area contributed by atoms with Gasteiger partial charge in [0.05, 0.1) is 28.4 Å². The fraction of sp³-hybridized carbons (Fsp3) is 0.533. The van der Waals surface area contributed by atoms with Crippen LogP contribution >= 0.6 is 23.2 Å². The van der Waals surface area contributed by atoms with Crippen LogP contribution in [0.2, 0.25) is 10.0 Å². The van der Waals surface area contributed by atoms with Gasteiger partial charge in [-0.3, -0.25) is 4.79 Å². The molecule has 6 heteroatoms. The lowest BCUT2D eigenvalue weighted by Gasteiger charge is -2.22. The Morgan fingerprint density at radius 1 is 1.24 bits per heavy atom. The number of nitrogen functional groups attached to an aromatic ring is 1. The maximum Gasteiger partial charge on any atom is 0.251 e. The Bertz CT molecular complexity index is 479. The monoisotopic (exact) mass is 330 g/mol. The van der Waals surface area contributed by atoms with Crippen molar-refractivity contribution in [3.05, 3.63) is 27.7 Å². The van der Waals surface area contributed by atoms with Crippen molar-refractivity contribution in [3.8, 4) is 0 Å². The Morgan fingerprint density at radius 2 is 1.86 bits per heavy atom. The highest BCUT2D eigenvalue weighted by molar-refractivity contribution is 6.39. The van der Waals surface area contributed by atoms with E-state index >= 15 is 0 Å². The predicted octanol–water partition coefficient (Wildman–Crippen LogP) is 3.65. The minimum atomic E-state index is -0.231. The van der Waals surface area contributed by atoms with Crippen LogP contribution < -0.4 is 11.1 Å². The topological polar surface area (TPSA) is 64.4 Å². The summed E-state index contributed by atoms with van der Waals surface area (Å²) in [7, 11) is 0. The van der Waals surface area contributed by atoms with Crippen LogP contribution in [0, 0.1) is 0 Å². The molecular weight excluding hydrogens is 311 g/mol. The summed E-state index contributed by atoms with van der Waals surface area (Å²) in [5.74, 6) is -0.231. The molecule has 0 atom stereocenters. The van der Waals surface area contributed by atoms with Gasteiger partial charge in [0.25, 0.3) is 5.91 Å². The molecule has 2 rings (SSSR count). The number of rotatable bonds is 5. The number of halogens is 2. The highest BCUT2D eigenvalue weighted by Crippen LogP contribution is 2.28. The number of anilines is 1. The molecule has 0 unspecified atom stereocenters. The van der Waals surface area contributed by atoms with E-state index in [1.807, 2.05) is 0 Å². The summed E-state index contributed by atoms with van der Waals surface area (Å²) in [6, 6.07) is 3.03. The minimum absolute atomic E-state index is 0.231. The quantitative estimate of drug-likeness (QED) is 0.639. The smallest absolute Gasteiger partial charge is 0.251 e. The Balaban J connectivity index is 1.76. The van der Waals surface area contributed by atoms with Crippen LogP contribution in [0.25, 0.3) is 0 Å². The molecule has 1 aliphatic rings. The van der Waals surface area contributed by atoms with E-state index < -0.39 is 0 Å². The Labute approximate surface area is 134 Å². The number of benzene rings is 1. The van der Waals surface area contributed by atoms with Crippen LogP contribution in [-0.4, -0.2) is 25.2 Å². The number of carbonyl (C=O) groups excluding carboxylic acids is 1. The van der Waals surface area contributed by atoms with Gasteiger partial charge in [-0.05, 0) is 25.0 Å². The zero-order valence-corrected chi connectivity index (χ0v) is 13.3. The molecule has 0 radical (unpaired) electrons. The van der Waals surface area contributed by atoms with Crippen LogP contribution in [0.15, 0.2) is 12.1 Å². The summed E-state index contributed by atoms with van der Waals surface area (Å²) in [6.07, 6.45) is 6.36. The highest BCUT2D eigenvalue weighted by Gasteiger charge is 2.14. The van der Waals surface area contributed by atoms with Crippen LogP contribution in [0.1, 0.15) is 42.5 Å². The van der Waals surface area contributed by atoms with Crippen molar-refractivity contribution in [1.82, 2.24) is 5.32 Å². The van der Waals surface area contributed by atoms with Gasteiger partial charge >= 0.3 is 0 Å². The van der Waals surface area contributed by atoms with Gasteiger partial charge in [-0.15, -0.1) is 0 Å². The third-order valence-electron chi connectivity index (χ3n) is 3.63. The van der Waals surface area contributed by atoms with Crippen molar-refractivity contribution in [3.63, 3.8) is 0 Å². The molecule has 3 N–H and O–H groups in total. The van der Waals surface area contributed by atoms with Crippen LogP contribution in [0.3, 0.4) is 0 Å². The van der Waals surface area contributed by atoms with E-state index in [2.05, 4.69) is 5.32 Å². The first-order valence-corrected chi connectivity index (χ1v) is 7.98. The van der Waals surface area contributed by atoms with Gasteiger partial charge < -0.3 is 15.8 Å². The summed E-state index contributed by atoms with van der Waals surface area (Å²) in [6.45, 7) is 0.988. The van der Waals surface area contributed by atoms with Crippen LogP contribution in [-0.2, 0) is 4.74 Å². The first-order valence-electron chi connectivity index (χ1n) is 7.22. The predicted molar refractivity (Wildman–Crippen MR) is 86.0 cm³/mol. The molecule has 21 heavy (non-hydrogen) atoms. The number of hydrogen-bond donors (Lipinski definition) is 2. The zero-order chi connectivity index (χ0) is 15.2. The molecule has 0 aromatic heterocycles. The zero-order valence-electron chi connectivity index (χ0n) is 11.8. The number of carbonyl (C=O) groups is 1. The molecule has 116 valence electrons. The first kappa shape index (κ1) is 16.4. The minimum Gasteiger partial charge on any atom is -0.396 e. The largest absolute Gasteiger partial charge is 0.396 e. The summed E-state index contributed by atoms with van der Waals surface area (Å²) in [4.78, 5) is 12.0. The molecule has 0 spiro atoms. The fourth-order valence-electron chi connectivity index (χ4n) is 2.44. The lowest BCUT2D eigenvalue weighted by Crippen LogP contribution is -2.29. The van der Waals surface area contributed by atoms with E-state index in [1.54, 1.807) is 0 Å². The molecule has 0 aliphatic heterocycles. The van der Waals surface area contributed by atoms with E-state index in [0.29, 0.717) is 24.8 Å². The van der Waals surface area contributed by atoms with Gasteiger partial charge in [-0.1, -0.05) is 42.5 Å². The SMILES string of the molecule is Nc1c(Cl)cc(C(=O)NCCOC2CCCCC2)cc1Cl. The first-order chi connectivity index (χ1) is 10.1. The summed E-state index contributed by atoms with van der Waals surface area (Å²) in [5, 5.41) is 3.36. The average molecular weight is 331 g/mol. The summed E-state index contributed by atoms with van der Waals surface area (Å²) >= 11 is 11.8. The lowest BCUT2D eigenvalue weighted by molar-refractivity contribution is 0.0299. The van der Waals surface area contributed by atoms with E-state index in [0.717, 1.165) is 12.8 Å². The third-order valence-corrected chi connectivity index (χ3v) is 4.26. The maximum absolute atomic E-state index is 12.0. The van der Waals surface area contributed by atoms with Crippen molar-refractivity contribution >= 4 is 34.8 Å². The van der Waals surface area contributed by atoms with Gasteiger partial charge in [0.1, 0.15) is 0 Å². The maximum atomic E-state index is 12.0. The molecule has 1 aromatic carbocycles. The van der Waals surface area contributed by atoms with Crippen molar-refractivity contribution < 1.29 is 9.53 Å². The molecule has 1 aliphatic carbocycles. The van der Waals surface area contributed by atoms with E-state index in [1.165, 1.54) is 31.4 Å². The van der Waals surface area contributed by atoms with E-state index in [4.69, 9.17) is 33.7 Å². The standard InChI is InChI=1S/C15H20Cl2N2O2/c16-12-8-10(9-13(17)14(12)18)15(20)19-6-7-21-11-4-2-1-3-5-11/h8-9,11H,1-7,18H2,(H,19,20). The summed E-state index contributed by atoms with van der Waals surface area (Å²) < 4.78 is 5.75. The normalized spacial score (nSPS) is 15.9. The number of nitrogens with one attached hydrogen (secondary N) is 1. The summed E-state index contributed by atoms with van der Waals surface area (Å²) in [5.41, 5.74) is 6.33. The van der Waals surface area contributed by atoms with Crippen molar-refractivity contribution in [2.45, 2.75) is 38.2 Å². The highest BCUT2D eigenvalue weighted by atomic mass is 35.5. The molecule has 0 bridgehead atoms. The second kappa shape index (κ2) is 7.87. The van der Waals surface area contributed by atoms with Crippen molar-refractivity contribution in [2.24, 2.45) is 0 Å². The second-order valence-electron chi connectivity index (χ2n) is 5.24. The molecule has 0 heterocycles. The van der Waals surface area contributed by atoms with Crippen LogP contribution in [0.5, 0.6) is 0 Å². The van der Waals surface area contributed by atoms with Crippen molar-refractivity contribution in [1.29, 1.82) is 0 Å². The molecule has 1 amide bonds. The molecule has 0 saturated heterocycles. The molecular formula is C15H20Cl2N2O2. The number of hydrogen-bond acceptors (Lipinski definition) is 3. The fourth-order valence-corrected chi connectivity index (χ4v) is 2.93. The van der Waals surface area contributed by atoms with E-state index in [-0.39, 0.29) is 21.6 Å². The van der Waals surface area contributed by atoms with Gasteiger partial charge in [0.15, 0.2) is 0 Å². The third kappa shape index (κ3) is 4.77. The van der Waals surface area contributed by atoms with Crippen LogP contribution in [0.4, 0.5) is 5.69 Å².